The highest BCUT2D eigenvalue weighted by molar-refractivity contribution is 5.83. The molecule has 0 bridgehead atoms. The summed E-state index contributed by atoms with van der Waals surface area (Å²) < 4.78 is 11.6. The highest BCUT2D eigenvalue weighted by Gasteiger charge is 2.25. The zero-order valence-corrected chi connectivity index (χ0v) is 11.3. The fourth-order valence-corrected chi connectivity index (χ4v) is 1.92. The smallest absolute Gasteiger partial charge is 0.328 e. The monoisotopic (exact) mass is 282 g/mol. The minimum Gasteiger partial charge on any atom is -0.451 e. The predicted octanol–water partition coefficient (Wildman–Crippen LogP) is -0.744. The first kappa shape index (κ1) is 14.3. The fraction of sp³-hybridized carbons (Fsp3) is 0.583. The number of morpholine rings is 1. The van der Waals surface area contributed by atoms with Crippen molar-refractivity contribution in [1.29, 1.82) is 0 Å². The van der Waals surface area contributed by atoms with Crippen molar-refractivity contribution in [2.45, 2.75) is 19.6 Å². The highest BCUT2D eigenvalue weighted by Crippen LogP contribution is 2.05. The first-order chi connectivity index (χ1) is 9.56. The highest BCUT2D eigenvalue weighted by atomic mass is 16.5. The Kier molecular flexibility index (Phi) is 4.57. The summed E-state index contributed by atoms with van der Waals surface area (Å²) in [5.74, 6) is -0.733. The lowest BCUT2D eigenvalue weighted by atomic mass is 10.3. The minimum absolute atomic E-state index is 0.0715. The third kappa shape index (κ3) is 3.70. The molecule has 1 aromatic heterocycles. The molecule has 2 N–H and O–H groups in total. The van der Waals surface area contributed by atoms with Gasteiger partial charge in [-0.2, -0.15) is 5.10 Å². The van der Waals surface area contributed by atoms with Gasteiger partial charge < -0.3 is 20.1 Å². The molecule has 0 saturated carbocycles. The molecule has 8 heteroatoms. The van der Waals surface area contributed by atoms with Gasteiger partial charge in [0.15, 0.2) is 6.10 Å². The Balaban J connectivity index is 1.82. The molecule has 2 rings (SSSR count). The Morgan fingerprint density at radius 1 is 1.50 bits per heavy atom. The van der Waals surface area contributed by atoms with Crippen LogP contribution in [-0.2, 0) is 25.6 Å². The zero-order chi connectivity index (χ0) is 14.5. The predicted molar refractivity (Wildman–Crippen MR) is 69.6 cm³/mol. The normalized spacial score (nSPS) is 16.8. The fourth-order valence-electron chi connectivity index (χ4n) is 1.92. The Morgan fingerprint density at radius 3 is 2.80 bits per heavy atom. The number of carbonyl (C=O) groups is 2. The number of hydrogen-bond donors (Lipinski definition) is 1. The topological polar surface area (TPSA) is 99.7 Å². The molecule has 0 spiro atoms. The van der Waals surface area contributed by atoms with Gasteiger partial charge in [0, 0.05) is 19.3 Å². The van der Waals surface area contributed by atoms with Gasteiger partial charge in [-0.1, -0.05) is 0 Å². The summed E-state index contributed by atoms with van der Waals surface area (Å²) in [6.45, 7) is 3.57. The maximum absolute atomic E-state index is 12.0. The lowest BCUT2D eigenvalue weighted by molar-refractivity contribution is -0.161. The molecule has 0 radical (unpaired) electrons. The van der Waals surface area contributed by atoms with Gasteiger partial charge in [-0.3, -0.25) is 14.3 Å². The van der Waals surface area contributed by atoms with E-state index in [2.05, 4.69) is 5.10 Å². The van der Waals surface area contributed by atoms with Crippen LogP contribution in [0.4, 0.5) is 5.69 Å². The molecule has 0 aromatic carbocycles. The van der Waals surface area contributed by atoms with Crippen LogP contribution in [0, 0.1) is 0 Å². The summed E-state index contributed by atoms with van der Waals surface area (Å²) in [7, 11) is 0. The van der Waals surface area contributed by atoms with E-state index in [1.165, 1.54) is 17.1 Å². The molecule has 1 saturated heterocycles. The average molecular weight is 282 g/mol. The van der Waals surface area contributed by atoms with E-state index in [0.717, 1.165) is 0 Å². The van der Waals surface area contributed by atoms with Gasteiger partial charge in [-0.25, -0.2) is 0 Å². The molecule has 1 atom stereocenters. The van der Waals surface area contributed by atoms with Crippen molar-refractivity contribution in [3.8, 4) is 0 Å². The molecule has 1 aromatic rings. The molecule has 1 amide bonds. The van der Waals surface area contributed by atoms with Crippen LogP contribution in [0.2, 0.25) is 0 Å². The number of anilines is 1. The van der Waals surface area contributed by atoms with Crippen molar-refractivity contribution in [1.82, 2.24) is 14.7 Å². The summed E-state index contributed by atoms with van der Waals surface area (Å²) in [5.41, 5.74) is 5.96. The number of ether oxygens (including phenoxy) is 2. The molecular formula is C12H18N4O4. The Labute approximate surface area is 116 Å². The van der Waals surface area contributed by atoms with Gasteiger partial charge in [-0.05, 0) is 6.92 Å². The molecule has 1 aliphatic heterocycles. The Bertz CT molecular complexity index is 482. The second-order valence-corrected chi connectivity index (χ2v) is 4.54. The summed E-state index contributed by atoms with van der Waals surface area (Å²) in [5, 5.41) is 3.88. The number of aromatic nitrogens is 2. The zero-order valence-electron chi connectivity index (χ0n) is 11.3. The largest absolute Gasteiger partial charge is 0.451 e. The lowest BCUT2D eigenvalue weighted by Gasteiger charge is -2.28. The van der Waals surface area contributed by atoms with Crippen LogP contribution in [0.1, 0.15) is 6.92 Å². The first-order valence-corrected chi connectivity index (χ1v) is 6.40. The van der Waals surface area contributed by atoms with Crippen molar-refractivity contribution in [2.24, 2.45) is 0 Å². The van der Waals surface area contributed by atoms with Crippen molar-refractivity contribution in [2.75, 3.05) is 32.0 Å². The molecule has 0 aliphatic carbocycles. The maximum atomic E-state index is 12.0. The van der Waals surface area contributed by atoms with Crippen molar-refractivity contribution < 1.29 is 19.1 Å². The van der Waals surface area contributed by atoms with Crippen LogP contribution in [0.15, 0.2) is 12.4 Å². The van der Waals surface area contributed by atoms with Crippen LogP contribution in [0.5, 0.6) is 0 Å². The van der Waals surface area contributed by atoms with E-state index in [0.29, 0.717) is 32.0 Å². The summed E-state index contributed by atoms with van der Waals surface area (Å²) >= 11 is 0. The SMILES string of the molecule is CC(OC(=O)Cn1cc(N)cn1)C(=O)N1CCOCC1. The van der Waals surface area contributed by atoms with Crippen LogP contribution in [0.3, 0.4) is 0 Å². The Hall–Kier alpha value is -2.09. The minimum atomic E-state index is -0.812. The number of nitrogen functional groups attached to an aromatic ring is 1. The van der Waals surface area contributed by atoms with Crippen LogP contribution in [-0.4, -0.2) is 59.0 Å². The molecule has 1 aliphatic rings. The van der Waals surface area contributed by atoms with Gasteiger partial charge >= 0.3 is 5.97 Å². The number of amides is 1. The standard InChI is InChI=1S/C12H18N4O4/c1-9(12(18)15-2-4-19-5-3-15)20-11(17)8-16-7-10(13)6-14-16/h6-7,9H,2-5,8,13H2,1H3. The van der Waals surface area contributed by atoms with Gasteiger partial charge in [0.25, 0.3) is 5.91 Å². The second-order valence-electron chi connectivity index (χ2n) is 4.54. The molecule has 2 heterocycles. The van der Waals surface area contributed by atoms with E-state index >= 15 is 0 Å². The maximum Gasteiger partial charge on any atom is 0.328 e. The number of esters is 1. The molecule has 110 valence electrons. The summed E-state index contributed by atoms with van der Waals surface area (Å²) in [6, 6.07) is 0. The first-order valence-electron chi connectivity index (χ1n) is 6.40. The van der Waals surface area contributed by atoms with E-state index in [4.69, 9.17) is 15.2 Å². The van der Waals surface area contributed by atoms with E-state index in [1.54, 1.807) is 11.8 Å². The molecule has 8 nitrogen and oxygen atoms in total. The molecule has 1 unspecified atom stereocenters. The third-order valence-corrected chi connectivity index (χ3v) is 2.92. The number of hydrogen-bond acceptors (Lipinski definition) is 6. The van der Waals surface area contributed by atoms with E-state index in [1.807, 2.05) is 0 Å². The van der Waals surface area contributed by atoms with Crippen LogP contribution < -0.4 is 5.73 Å². The van der Waals surface area contributed by atoms with Crippen molar-refractivity contribution in [3.05, 3.63) is 12.4 Å². The number of nitrogens with zero attached hydrogens (tertiary/aromatic N) is 3. The lowest BCUT2D eigenvalue weighted by Crippen LogP contribution is -2.46. The van der Waals surface area contributed by atoms with Crippen LogP contribution in [0.25, 0.3) is 0 Å². The van der Waals surface area contributed by atoms with Crippen molar-refractivity contribution in [3.63, 3.8) is 0 Å². The summed E-state index contributed by atoms with van der Waals surface area (Å²) in [6.07, 6.45) is 2.15. The number of nitrogens with two attached hydrogens (primary N) is 1. The average Bonchev–Trinajstić information content (AvgIpc) is 2.84. The number of carbonyl (C=O) groups excluding carboxylic acids is 2. The van der Waals surface area contributed by atoms with Crippen molar-refractivity contribution >= 4 is 17.6 Å². The Morgan fingerprint density at radius 2 is 2.20 bits per heavy atom. The molecular weight excluding hydrogens is 264 g/mol. The second kappa shape index (κ2) is 6.38. The van der Waals surface area contributed by atoms with Gasteiger partial charge in [0.1, 0.15) is 6.54 Å². The van der Waals surface area contributed by atoms with Gasteiger partial charge in [0.2, 0.25) is 0 Å². The van der Waals surface area contributed by atoms with Gasteiger partial charge in [-0.15, -0.1) is 0 Å². The van der Waals surface area contributed by atoms with E-state index in [-0.39, 0.29) is 12.5 Å². The molecule has 20 heavy (non-hydrogen) atoms. The van der Waals surface area contributed by atoms with E-state index < -0.39 is 12.1 Å². The third-order valence-electron chi connectivity index (χ3n) is 2.92. The number of rotatable bonds is 4. The van der Waals surface area contributed by atoms with E-state index in [9.17, 15) is 9.59 Å². The van der Waals surface area contributed by atoms with Gasteiger partial charge in [0.05, 0.1) is 25.1 Å². The summed E-state index contributed by atoms with van der Waals surface area (Å²) in [4.78, 5) is 25.4. The quantitative estimate of drug-likeness (QED) is 0.730. The van der Waals surface area contributed by atoms with Crippen LogP contribution >= 0.6 is 0 Å². The molecule has 1 fully saturated rings.